The van der Waals surface area contributed by atoms with E-state index in [1.165, 1.54) is 0 Å². The van der Waals surface area contributed by atoms with Gasteiger partial charge in [0, 0.05) is 20.0 Å². The minimum Gasteiger partial charge on any atom is -0.359 e. The van der Waals surface area contributed by atoms with E-state index >= 15 is 0 Å². The smallest absolute Gasteiger partial charge is 0.242 e. The lowest BCUT2D eigenvalue weighted by Gasteiger charge is -2.10. The number of hydrogen-bond acceptors (Lipinski definition) is 2. The first-order valence-corrected chi connectivity index (χ1v) is 5.76. The monoisotopic (exact) mass is 254 g/mol. The maximum atomic E-state index is 11.6. The van der Waals surface area contributed by atoms with E-state index in [1.807, 2.05) is 18.2 Å². The van der Waals surface area contributed by atoms with Gasteiger partial charge in [0.25, 0.3) is 0 Å². The SMILES string of the molecule is CNC(=O)CCNC(=O)C(Cl)c1ccccc1. The second-order valence-corrected chi connectivity index (χ2v) is 3.92. The Hall–Kier alpha value is -1.55. The van der Waals surface area contributed by atoms with E-state index < -0.39 is 5.38 Å². The number of nitrogens with one attached hydrogen (secondary N) is 2. The lowest BCUT2D eigenvalue weighted by atomic mass is 10.1. The largest absolute Gasteiger partial charge is 0.359 e. The predicted molar refractivity (Wildman–Crippen MR) is 66.7 cm³/mol. The highest BCUT2D eigenvalue weighted by molar-refractivity contribution is 6.30. The van der Waals surface area contributed by atoms with Gasteiger partial charge < -0.3 is 10.6 Å². The van der Waals surface area contributed by atoms with Crippen LogP contribution in [0, 0.1) is 0 Å². The Balaban J connectivity index is 2.40. The molecule has 2 amide bonds. The van der Waals surface area contributed by atoms with Crippen LogP contribution in [-0.2, 0) is 9.59 Å². The van der Waals surface area contributed by atoms with Crippen LogP contribution < -0.4 is 10.6 Å². The minimum atomic E-state index is -0.721. The maximum Gasteiger partial charge on any atom is 0.242 e. The molecule has 17 heavy (non-hydrogen) atoms. The molecule has 92 valence electrons. The van der Waals surface area contributed by atoms with Crippen molar-refractivity contribution < 1.29 is 9.59 Å². The number of hydrogen-bond donors (Lipinski definition) is 2. The number of rotatable bonds is 5. The van der Waals surface area contributed by atoms with Crippen LogP contribution in [0.1, 0.15) is 17.4 Å². The summed E-state index contributed by atoms with van der Waals surface area (Å²) in [5, 5.41) is 4.37. The summed E-state index contributed by atoms with van der Waals surface area (Å²) in [6, 6.07) is 9.08. The first-order valence-electron chi connectivity index (χ1n) is 5.32. The molecule has 1 atom stereocenters. The van der Waals surface area contributed by atoms with Crippen LogP contribution in [0.5, 0.6) is 0 Å². The van der Waals surface area contributed by atoms with E-state index in [1.54, 1.807) is 19.2 Å². The Morgan fingerprint density at radius 3 is 2.53 bits per heavy atom. The molecule has 0 aromatic heterocycles. The molecule has 0 spiro atoms. The molecule has 0 aliphatic rings. The normalized spacial score (nSPS) is 11.6. The van der Waals surface area contributed by atoms with Gasteiger partial charge in [-0.1, -0.05) is 30.3 Å². The zero-order valence-electron chi connectivity index (χ0n) is 9.57. The molecule has 0 saturated carbocycles. The summed E-state index contributed by atoms with van der Waals surface area (Å²) in [6.45, 7) is 0.286. The first-order chi connectivity index (χ1) is 8.15. The highest BCUT2D eigenvalue weighted by Gasteiger charge is 2.16. The average Bonchev–Trinajstić information content (AvgIpc) is 2.38. The highest BCUT2D eigenvalue weighted by Crippen LogP contribution is 2.19. The van der Waals surface area contributed by atoms with E-state index in [2.05, 4.69) is 10.6 Å². The van der Waals surface area contributed by atoms with Crippen LogP contribution in [-0.4, -0.2) is 25.4 Å². The molecule has 4 nitrogen and oxygen atoms in total. The molecule has 2 N–H and O–H groups in total. The second kappa shape index (κ2) is 6.91. The summed E-state index contributed by atoms with van der Waals surface area (Å²) >= 11 is 5.99. The molecule has 1 aromatic carbocycles. The van der Waals surface area contributed by atoms with E-state index in [9.17, 15) is 9.59 Å². The van der Waals surface area contributed by atoms with Gasteiger partial charge in [0.1, 0.15) is 5.38 Å². The molecular formula is C12H15ClN2O2. The Morgan fingerprint density at radius 2 is 1.94 bits per heavy atom. The Bertz CT molecular complexity index is 381. The number of alkyl halides is 1. The number of carbonyl (C=O) groups excluding carboxylic acids is 2. The zero-order valence-corrected chi connectivity index (χ0v) is 10.3. The van der Waals surface area contributed by atoms with Crippen molar-refractivity contribution >= 4 is 23.4 Å². The first kappa shape index (κ1) is 13.5. The van der Waals surface area contributed by atoms with Gasteiger partial charge in [0.2, 0.25) is 11.8 Å². The number of benzene rings is 1. The third-order valence-electron chi connectivity index (χ3n) is 2.25. The van der Waals surface area contributed by atoms with Crippen LogP contribution in [0.25, 0.3) is 0 Å². The van der Waals surface area contributed by atoms with Crippen LogP contribution >= 0.6 is 11.6 Å². The van der Waals surface area contributed by atoms with Gasteiger partial charge in [0.05, 0.1) is 0 Å². The molecule has 0 fully saturated rings. The fourth-order valence-electron chi connectivity index (χ4n) is 1.29. The van der Waals surface area contributed by atoms with E-state index in [0.717, 1.165) is 5.56 Å². The van der Waals surface area contributed by atoms with Crippen molar-refractivity contribution in [3.8, 4) is 0 Å². The quantitative estimate of drug-likeness (QED) is 0.777. The number of amides is 2. The van der Waals surface area contributed by atoms with Gasteiger partial charge >= 0.3 is 0 Å². The number of carbonyl (C=O) groups is 2. The summed E-state index contributed by atoms with van der Waals surface area (Å²) in [6.07, 6.45) is 0.251. The van der Waals surface area contributed by atoms with E-state index in [0.29, 0.717) is 0 Å². The zero-order chi connectivity index (χ0) is 12.7. The Kier molecular flexibility index (Phi) is 5.49. The van der Waals surface area contributed by atoms with Crippen molar-refractivity contribution in [2.45, 2.75) is 11.8 Å². The summed E-state index contributed by atoms with van der Waals surface area (Å²) in [4.78, 5) is 22.6. The van der Waals surface area contributed by atoms with Gasteiger partial charge in [0.15, 0.2) is 0 Å². The van der Waals surface area contributed by atoms with Crippen LogP contribution in [0.15, 0.2) is 30.3 Å². The van der Waals surface area contributed by atoms with Crippen LogP contribution in [0.3, 0.4) is 0 Å². The van der Waals surface area contributed by atoms with Gasteiger partial charge in [-0.3, -0.25) is 9.59 Å². The van der Waals surface area contributed by atoms with E-state index in [4.69, 9.17) is 11.6 Å². The molecule has 1 unspecified atom stereocenters. The molecule has 0 radical (unpaired) electrons. The molecular weight excluding hydrogens is 240 g/mol. The summed E-state index contributed by atoms with van der Waals surface area (Å²) < 4.78 is 0. The van der Waals surface area contributed by atoms with Crippen LogP contribution in [0.2, 0.25) is 0 Å². The molecule has 0 heterocycles. The van der Waals surface area contributed by atoms with Crippen molar-refractivity contribution in [1.82, 2.24) is 10.6 Å². The van der Waals surface area contributed by atoms with Crippen molar-refractivity contribution in [2.24, 2.45) is 0 Å². The second-order valence-electron chi connectivity index (χ2n) is 3.49. The molecule has 5 heteroatoms. The summed E-state index contributed by atoms with van der Waals surface area (Å²) in [5.74, 6) is -0.405. The molecule has 1 aromatic rings. The third kappa shape index (κ3) is 4.44. The predicted octanol–water partition coefficient (Wildman–Crippen LogP) is 1.22. The summed E-state index contributed by atoms with van der Waals surface area (Å²) in [7, 11) is 1.55. The standard InChI is InChI=1S/C12H15ClN2O2/c1-14-10(16)7-8-15-12(17)11(13)9-5-3-2-4-6-9/h2-6,11H,7-8H2,1H3,(H,14,16)(H,15,17). The van der Waals surface area contributed by atoms with Gasteiger partial charge in [-0.15, -0.1) is 11.6 Å². The van der Waals surface area contributed by atoms with Crippen molar-refractivity contribution in [3.05, 3.63) is 35.9 Å². The number of halogens is 1. The summed E-state index contributed by atoms with van der Waals surface area (Å²) in [5.41, 5.74) is 0.742. The Morgan fingerprint density at radius 1 is 1.29 bits per heavy atom. The molecule has 1 rings (SSSR count). The molecule has 0 aliphatic carbocycles. The molecule has 0 bridgehead atoms. The van der Waals surface area contributed by atoms with Crippen LogP contribution in [0.4, 0.5) is 0 Å². The highest BCUT2D eigenvalue weighted by atomic mass is 35.5. The minimum absolute atomic E-state index is 0.115. The van der Waals surface area contributed by atoms with Crippen molar-refractivity contribution in [2.75, 3.05) is 13.6 Å². The van der Waals surface area contributed by atoms with Gasteiger partial charge in [-0.2, -0.15) is 0 Å². The topological polar surface area (TPSA) is 58.2 Å². The van der Waals surface area contributed by atoms with E-state index in [-0.39, 0.29) is 24.8 Å². The lowest BCUT2D eigenvalue weighted by Crippen LogP contribution is -2.31. The Labute approximate surface area is 105 Å². The van der Waals surface area contributed by atoms with Gasteiger partial charge in [-0.25, -0.2) is 0 Å². The van der Waals surface area contributed by atoms with Crippen molar-refractivity contribution in [3.63, 3.8) is 0 Å². The molecule has 0 saturated heterocycles. The van der Waals surface area contributed by atoms with Gasteiger partial charge in [-0.05, 0) is 5.56 Å². The fourth-order valence-corrected chi connectivity index (χ4v) is 1.51. The maximum absolute atomic E-state index is 11.6. The fraction of sp³-hybridized carbons (Fsp3) is 0.333. The molecule has 0 aliphatic heterocycles. The van der Waals surface area contributed by atoms with Crippen molar-refractivity contribution in [1.29, 1.82) is 0 Å². The third-order valence-corrected chi connectivity index (χ3v) is 2.70. The average molecular weight is 255 g/mol. The lowest BCUT2D eigenvalue weighted by molar-refractivity contribution is -0.122.